The SMILES string of the molecule is O=C(COc1ccc(Cl)cc1[N+](=O)[O-])c1cc(Cl)sc1Cl. The molecule has 1 aromatic heterocycles. The molecule has 0 radical (unpaired) electrons. The predicted molar refractivity (Wildman–Crippen MR) is 82.3 cm³/mol. The van der Waals surface area contributed by atoms with Crippen molar-refractivity contribution < 1.29 is 14.5 Å². The largest absolute Gasteiger partial charge is 0.478 e. The number of nitro benzene ring substituents is 1. The monoisotopic (exact) mass is 365 g/mol. The van der Waals surface area contributed by atoms with Crippen molar-refractivity contribution in [3.8, 4) is 5.75 Å². The maximum atomic E-state index is 11.9. The van der Waals surface area contributed by atoms with Crippen molar-refractivity contribution in [1.82, 2.24) is 0 Å². The molecule has 21 heavy (non-hydrogen) atoms. The smallest absolute Gasteiger partial charge is 0.312 e. The quantitative estimate of drug-likeness (QED) is 0.429. The summed E-state index contributed by atoms with van der Waals surface area (Å²) in [4.78, 5) is 22.2. The Morgan fingerprint density at radius 1 is 1.29 bits per heavy atom. The Kier molecular flexibility index (Phi) is 5.05. The molecule has 1 aromatic carbocycles. The maximum absolute atomic E-state index is 11.9. The molecule has 1 heterocycles. The van der Waals surface area contributed by atoms with Gasteiger partial charge in [-0.15, -0.1) is 11.3 Å². The molecule has 0 bridgehead atoms. The van der Waals surface area contributed by atoms with E-state index in [0.717, 1.165) is 17.4 Å². The minimum absolute atomic E-state index is 0.0461. The second-order valence-corrected chi connectivity index (χ2v) is 6.54. The van der Waals surface area contributed by atoms with Gasteiger partial charge in [-0.3, -0.25) is 14.9 Å². The highest BCUT2D eigenvalue weighted by Gasteiger charge is 2.19. The number of nitrogens with zero attached hydrogens (tertiary/aromatic N) is 1. The first-order chi connectivity index (χ1) is 9.88. The van der Waals surface area contributed by atoms with Crippen LogP contribution in [-0.4, -0.2) is 17.3 Å². The Morgan fingerprint density at radius 2 is 2.00 bits per heavy atom. The zero-order valence-electron chi connectivity index (χ0n) is 10.1. The zero-order chi connectivity index (χ0) is 15.6. The van der Waals surface area contributed by atoms with Crippen LogP contribution in [0.15, 0.2) is 24.3 Å². The van der Waals surface area contributed by atoms with Crippen molar-refractivity contribution in [3.05, 3.63) is 53.6 Å². The molecule has 0 aliphatic heterocycles. The van der Waals surface area contributed by atoms with E-state index in [1.807, 2.05) is 0 Å². The van der Waals surface area contributed by atoms with E-state index in [4.69, 9.17) is 39.5 Å². The van der Waals surface area contributed by atoms with Crippen LogP contribution in [0.5, 0.6) is 5.75 Å². The Labute approximate surface area is 138 Å². The van der Waals surface area contributed by atoms with Crippen molar-refractivity contribution in [2.45, 2.75) is 0 Å². The van der Waals surface area contributed by atoms with Crippen LogP contribution in [0.25, 0.3) is 0 Å². The lowest BCUT2D eigenvalue weighted by atomic mass is 10.2. The number of ketones is 1. The number of thiophene rings is 1. The number of halogens is 3. The first-order valence-electron chi connectivity index (χ1n) is 5.43. The standard InChI is InChI=1S/C12H6Cl3NO4S/c13-6-1-2-10(8(3-6)16(18)19)20-5-9(17)7-4-11(14)21-12(7)15/h1-4H,5H2. The van der Waals surface area contributed by atoms with Crippen LogP contribution in [0.1, 0.15) is 10.4 Å². The van der Waals surface area contributed by atoms with Gasteiger partial charge in [0.05, 0.1) is 14.8 Å². The van der Waals surface area contributed by atoms with E-state index in [0.29, 0.717) is 4.34 Å². The Hall–Kier alpha value is -1.34. The molecule has 0 unspecified atom stereocenters. The van der Waals surface area contributed by atoms with Crippen LogP contribution in [0.4, 0.5) is 5.69 Å². The molecular formula is C12H6Cl3NO4S. The third kappa shape index (κ3) is 3.85. The summed E-state index contributed by atoms with van der Waals surface area (Å²) in [5.41, 5.74) is -0.0898. The molecule has 0 aliphatic rings. The normalized spacial score (nSPS) is 10.4. The van der Waals surface area contributed by atoms with E-state index in [-0.39, 0.29) is 26.4 Å². The minimum Gasteiger partial charge on any atom is -0.478 e. The van der Waals surface area contributed by atoms with Crippen molar-refractivity contribution in [1.29, 1.82) is 0 Å². The van der Waals surface area contributed by atoms with Crippen LogP contribution in [0.3, 0.4) is 0 Å². The summed E-state index contributed by atoms with van der Waals surface area (Å²) in [6, 6.07) is 5.34. The van der Waals surface area contributed by atoms with E-state index >= 15 is 0 Å². The molecule has 5 nitrogen and oxygen atoms in total. The number of carbonyl (C=O) groups excluding carboxylic acids is 1. The molecule has 2 aromatic rings. The summed E-state index contributed by atoms with van der Waals surface area (Å²) >= 11 is 18.3. The van der Waals surface area contributed by atoms with E-state index < -0.39 is 17.3 Å². The van der Waals surface area contributed by atoms with Gasteiger partial charge in [0, 0.05) is 11.1 Å². The first-order valence-corrected chi connectivity index (χ1v) is 7.38. The molecule has 0 saturated carbocycles. The number of hydrogen-bond acceptors (Lipinski definition) is 5. The number of rotatable bonds is 5. The van der Waals surface area contributed by atoms with Crippen LogP contribution >= 0.6 is 46.1 Å². The number of carbonyl (C=O) groups is 1. The first kappa shape index (κ1) is 16.0. The molecule has 0 amide bonds. The summed E-state index contributed by atoms with van der Waals surface area (Å²) in [6.07, 6.45) is 0. The van der Waals surface area contributed by atoms with Gasteiger partial charge >= 0.3 is 5.69 Å². The highest BCUT2D eigenvalue weighted by atomic mass is 35.5. The predicted octanol–water partition coefficient (Wildman–Crippen LogP) is 4.88. The van der Waals surface area contributed by atoms with Crippen molar-refractivity contribution in [2.75, 3.05) is 6.61 Å². The highest BCUT2D eigenvalue weighted by molar-refractivity contribution is 7.20. The summed E-state index contributed by atoms with van der Waals surface area (Å²) in [5, 5.41) is 11.1. The van der Waals surface area contributed by atoms with Gasteiger partial charge in [0.25, 0.3) is 0 Å². The van der Waals surface area contributed by atoms with Crippen LogP contribution in [0.2, 0.25) is 13.7 Å². The van der Waals surface area contributed by atoms with Gasteiger partial charge in [-0.25, -0.2) is 0 Å². The Morgan fingerprint density at radius 3 is 2.57 bits per heavy atom. The van der Waals surface area contributed by atoms with Crippen LogP contribution in [-0.2, 0) is 0 Å². The molecule has 9 heteroatoms. The van der Waals surface area contributed by atoms with E-state index in [1.54, 1.807) is 0 Å². The second kappa shape index (κ2) is 6.62. The van der Waals surface area contributed by atoms with Crippen LogP contribution < -0.4 is 4.74 Å². The Balaban J connectivity index is 2.15. The summed E-state index contributed by atoms with van der Waals surface area (Å²) in [6.45, 7) is -0.394. The van der Waals surface area contributed by atoms with Crippen molar-refractivity contribution >= 4 is 57.6 Å². The van der Waals surface area contributed by atoms with Gasteiger partial charge in [-0.1, -0.05) is 34.8 Å². The van der Waals surface area contributed by atoms with Crippen molar-refractivity contribution in [2.24, 2.45) is 0 Å². The highest BCUT2D eigenvalue weighted by Crippen LogP contribution is 2.33. The number of nitro groups is 1. The average Bonchev–Trinajstić information content (AvgIpc) is 2.75. The molecule has 0 N–H and O–H groups in total. The lowest BCUT2D eigenvalue weighted by Gasteiger charge is -2.06. The van der Waals surface area contributed by atoms with Gasteiger partial charge in [-0.2, -0.15) is 0 Å². The molecule has 0 spiro atoms. The van der Waals surface area contributed by atoms with Gasteiger partial charge in [0.1, 0.15) is 4.34 Å². The minimum atomic E-state index is -0.639. The Bertz CT molecular complexity index is 717. The molecule has 0 saturated heterocycles. The molecule has 110 valence electrons. The van der Waals surface area contributed by atoms with E-state index in [1.165, 1.54) is 18.2 Å². The molecule has 2 rings (SSSR count). The lowest BCUT2D eigenvalue weighted by molar-refractivity contribution is -0.385. The van der Waals surface area contributed by atoms with Gasteiger partial charge < -0.3 is 4.74 Å². The number of hydrogen-bond donors (Lipinski definition) is 0. The lowest BCUT2D eigenvalue weighted by Crippen LogP contribution is -2.12. The van der Waals surface area contributed by atoms with Gasteiger partial charge in [-0.05, 0) is 18.2 Å². The average molecular weight is 367 g/mol. The molecule has 0 aliphatic carbocycles. The van der Waals surface area contributed by atoms with Crippen molar-refractivity contribution in [3.63, 3.8) is 0 Å². The van der Waals surface area contributed by atoms with Crippen LogP contribution in [0, 0.1) is 10.1 Å². The fourth-order valence-electron chi connectivity index (χ4n) is 1.51. The fourth-order valence-corrected chi connectivity index (χ4v) is 3.17. The number of benzene rings is 1. The second-order valence-electron chi connectivity index (χ2n) is 3.82. The summed E-state index contributed by atoms with van der Waals surface area (Å²) < 4.78 is 5.81. The molecule has 0 fully saturated rings. The third-order valence-corrected chi connectivity index (χ3v) is 4.16. The zero-order valence-corrected chi connectivity index (χ0v) is 13.2. The maximum Gasteiger partial charge on any atom is 0.312 e. The van der Waals surface area contributed by atoms with E-state index in [2.05, 4.69) is 0 Å². The fraction of sp³-hybridized carbons (Fsp3) is 0.0833. The third-order valence-electron chi connectivity index (χ3n) is 2.43. The summed E-state index contributed by atoms with van der Waals surface area (Å²) in [7, 11) is 0. The molecular weight excluding hydrogens is 361 g/mol. The number of ether oxygens (including phenoxy) is 1. The van der Waals surface area contributed by atoms with Gasteiger partial charge in [0.15, 0.2) is 12.4 Å². The topological polar surface area (TPSA) is 69.4 Å². The molecule has 0 atom stereocenters. The summed E-state index contributed by atoms with van der Waals surface area (Å²) in [5.74, 6) is -0.470. The number of Topliss-reactive ketones (excluding diaryl/α,β-unsaturated/α-hetero) is 1. The van der Waals surface area contributed by atoms with Gasteiger partial charge in [0.2, 0.25) is 5.78 Å². The van der Waals surface area contributed by atoms with E-state index in [9.17, 15) is 14.9 Å².